The van der Waals surface area contributed by atoms with Crippen molar-refractivity contribution in [2.45, 2.75) is 0 Å². The van der Waals surface area contributed by atoms with E-state index in [1.54, 1.807) is 22.7 Å². The first-order valence-corrected chi connectivity index (χ1v) is 6.67. The van der Waals surface area contributed by atoms with E-state index in [0.29, 0.717) is 0 Å². The van der Waals surface area contributed by atoms with Gasteiger partial charge in [0, 0.05) is 5.39 Å². The van der Waals surface area contributed by atoms with Crippen molar-refractivity contribution in [2.24, 2.45) is 0 Å². The molecule has 0 saturated heterocycles. The van der Waals surface area contributed by atoms with Crippen LogP contribution >= 0.6 is 22.7 Å². The van der Waals surface area contributed by atoms with Crippen LogP contribution in [0.2, 0.25) is 0 Å². The molecule has 0 amide bonds. The fourth-order valence-electron chi connectivity index (χ4n) is 2.06. The Morgan fingerprint density at radius 3 is 1.88 bits per heavy atom. The average molecular weight is 242 g/mol. The number of fused-ring (bicyclic) bond motifs is 5. The summed E-state index contributed by atoms with van der Waals surface area (Å²) < 4.78 is 2.46. The third-order valence-corrected chi connectivity index (χ3v) is 4.37. The molecule has 2 heterocycles. The van der Waals surface area contributed by atoms with Crippen molar-refractivity contribution in [1.29, 1.82) is 0 Å². The lowest BCUT2D eigenvalue weighted by Gasteiger charge is -1.99. The molecule has 0 fully saturated rings. The predicted octanol–water partition coefficient (Wildman–Crippen LogP) is 4.06. The third kappa shape index (κ3) is 1.00. The second kappa shape index (κ2) is 2.99. The highest BCUT2D eigenvalue weighted by atomic mass is 32.1. The molecular formula is C12H6N2S2. The van der Waals surface area contributed by atoms with E-state index in [9.17, 15) is 0 Å². The Morgan fingerprint density at radius 1 is 0.750 bits per heavy atom. The van der Waals surface area contributed by atoms with Crippen LogP contribution in [0.1, 0.15) is 0 Å². The number of thiazole rings is 2. The van der Waals surface area contributed by atoms with Crippen LogP contribution in [0.4, 0.5) is 0 Å². The van der Waals surface area contributed by atoms with Gasteiger partial charge >= 0.3 is 0 Å². The van der Waals surface area contributed by atoms with Crippen molar-refractivity contribution < 1.29 is 0 Å². The smallest absolute Gasteiger partial charge is 0.0912 e. The fraction of sp³-hybridized carbons (Fsp3) is 0. The molecule has 2 aromatic heterocycles. The van der Waals surface area contributed by atoms with E-state index in [1.165, 1.54) is 20.2 Å². The van der Waals surface area contributed by atoms with Crippen LogP contribution in [0, 0.1) is 0 Å². The SMILES string of the molecule is c1nc2c(ccc3ccc4scnc4c32)s1. The van der Waals surface area contributed by atoms with Gasteiger partial charge in [-0.25, -0.2) is 9.97 Å². The minimum Gasteiger partial charge on any atom is -0.244 e. The summed E-state index contributed by atoms with van der Waals surface area (Å²) in [6.07, 6.45) is 0. The highest BCUT2D eigenvalue weighted by Gasteiger charge is 2.08. The van der Waals surface area contributed by atoms with Crippen LogP contribution < -0.4 is 0 Å². The molecule has 0 atom stereocenters. The van der Waals surface area contributed by atoms with E-state index in [-0.39, 0.29) is 0 Å². The van der Waals surface area contributed by atoms with E-state index < -0.39 is 0 Å². The van der Waals surface area contributed by atoms with Crippen molar-refractivity contribution in [2.75, 3.05) is 0 Å². The molecule has 0 unspecified atom stereocenters. The Kier molecular flexibility index (Phi) is 1.61. The molecule has 2 aromatic carbocycles. The number of hydrogen-bond acceptors (Lipinski definition) is 4. The van der Waals surface area contributed by atoms with Crippen LogP contribution in [0.3, 0.4) is 0 Å². The van der Waals surface area contributed by atoms with Crippen LogP contribution in [-0.2, 0) is 0 Å². The molecule has 0 saturated carbocycles. The Hall–Kier alpha value is -1.52. The molecule has 0 aliphatic rings. The summed E-state index contributed by atoms with van der Waals surface area (Å²) in [6.45, 7) is 0. The number of aromatic nitrogens is 2. The molecule has 0 N–H and O–H groups in total. The van der Waals surface area contributed by atoms with Crippen molar-refractivity contribution in [3.8, 4) is 0 Å². The second-order valence-electron chi connectivity index (χ2n) is 3.63. The van der Waals surface area contributed by atoms with E-state index >= 15 is 0 Å². The van der Waals surface area contributed by atoms with Gasteiger partial charge in [0.25, 0.3) is 0 Å². The first-order chi connectivity index (χ1) is 7.93. The summed E-state index contributed by atoms with van der Waals surface area (Å²) in [4.78, 5) is 8.92. The lowest BCUT2D eigenvalue weighted by molar-refractivity contribution is 1.50. The van der Waals surface area contributed by atoms with Crippen LogP contribution in [0.15, 0.2) is 35.3 Å². The second-order valence-corrected chi connectivity index (χ2v) is 5.40. The summed E-state index contributed by atoms with van der Waals surface area (Å²) in [7, 11) is 0. The molecule has 4 rings (SSSR count). The zero-order chi connectivity index (χ0) is 10.5. The monoisotopic (exact) mass is 242 g/mol. The Balaban J connectivity index is 2.44. The molecule has 0 bridgehead atoms. The minimum atomic E-state index is 1.08. The summed E-state index contributed by atoms with van der Waals surface area (Å²) in [5, 5.41) is 2.41. The summed E-state index contributed by atoms with van der Waals surface area (Å²) in [5.74, 6) is 0. The maximum Gasteiger partial charge on any atom is 0.0912 e. The third-order valence-electron chi connectivity index (χ3n) is 2.78. The largest absolute Gasteiger partial charge is 0.244 e. The minimum absolute atomic E-state index is 1.08. The molecule has 76 valence electrons. The van der Waals surface area contributed by atoms with Crippen molar-refractivity contribution in [3.63, 3.8) is 0 Å². The van der Waals surface area contributed by atoms with Crippen molar-refractivity contribution in [1.82, 2.24) is 9.97 Å². The zero-order valence-electron chi connectivity index (χ0n) is 8.18. The maximum absolute atomic E-state index is 4.46. The standard InChI is InChI=1S/C12H6N2S2/c1-3-8-11(13-5-15-8)10-7(1)2-4-9-12(10)14-6-16-9/h1-6H. The fourth-order valence-corrected chi connectivity index (χ4v) is 3.43. The van der Waals surface area contributed by atoms with Gasteiger partial charge < -0.3 is 0 Å². The van der Waals surface area contributed by atoms with Gasteiger partial charge in [0.1, 0.15) is 0 Å². The molecular weight excluding hydrogens is 236 g/mol. The number of hydrogen-bond donors (Lipinski definition) is 0. The normalized spacial score (nSPS) is 11.8. The zero-order valence-corrected chi connectivity index (χ0v) is 9.81. The van der Waals surface area contributed by atoms with E-state index in [1.807, 2.05) is 11.0 Å². The molecule has 0 aliphatic heterocycles. The molecule has 0 aliphatic carbocycles. The van der Waals surface area contributed by atoms with Crippen LogP contribution in [0.5, 0.6) is 0 Å². The van der Waals surface area contributed by atoms with E-state index in [4.69, 9.17) is 0 Å². The predicted molar refractivity (Wildman–Crippen MR) is 70.3 cm³/mol. The Labute approximate surface area is 99.2 Å². The van der Waals surface area contributed by atoms with Gasteiger partial charge in [0.2, 0.25) is 0 Å². The lowest BCUT2D eigenvalue weighted by atomic mass is 10.1. The summed E-state index contributed by atoms with van der Waals surface area (Å²) >= 11 is 3.36. The van der Waals surface area contributed by atoms with Gasteiger partial charge in [-0.3, -0.25) is 0 Å². The van der Waals surface area contributed by atoms with Gasteiger partial charge in [0.15, 0.2) is 0 Å². The van der Waals surface area contributed by atoms with Gasteiger partial charge in [-0.05, 0) is 17.5 Å². The molecule has 0 radical (unpaired) electrons. The van der Waals surface area contributed by atoms with Crippen molar-refractivity contribution in [3.05, 3.63) is 35.3 Å². The summed E-state index contributed by atoms with van der Waals surface area (Å²) in [6, 6.07) is 8.56. The van der Waals surface area contributed by atoms with Gasteiger partial charge in [-0.15, -0.1) is 22.7 Å². The molecule has 2 nitrogen and oxygen atoms in total. The highest BCUT2D eigenvalue weighted by molar-refractivity contribution is 7.17. The number of nitrogens with zero attached hydrogens (tertiary/aromatic N) is 2. The lowest BCUT2D eigenvalue weighted by Crippen LogP contribution is -1.77. The van der Waals surface area contributed by atoms with Gasteiger partial charge in [0.05, 0.1) is 31.5 Å². The number of benzene rings is 2. The summed E-state index contributed by atoms with van der Waals surface area (Å²) in [5.41, 5.74) is 5.96. The quantitative estimate of drug-likeness (QED) is 0.464. The Morgan fingerprint density at radius 2 is 1.31 bits per heavy atom. The van der Waals surface area contributed by atoms with Crippen LogP contribution in [0.25, 0.3) is 31.2 Å². The first kappa shape index (κ1) is 8.61. The van der Waals surface area contributed by atoms with E-state index in [0.717, 1.165) is 11.0 Å². The van der Waals surface area contributed by atoms with Crippen molar-refractivity contribution >= 4 is 53.9 Å². The highest BCUT2D eigenvalue weighted by Crippen LogP contribution is 2.33. The average Bonchev–Trinajstić information content (AvgIpc) is 2.96. The maximum atomic E-state index is 4.46. The Bertz CT molecular complexity index is 748. The molecule has 4 heteroatoms. The van der Waals surface area contributed by atoms with Crippen LogP contribution in [-0.4, -0.2) is 9.97 Å². The van der Waals surface area contributed by atoms with Gasteiger partial charge in [-0.2, -0.15) is 0 Å². The molecule has 4 aromatic rings. The first-order valence-electron chi connectivity index (χ1n) is 4.91. The van der Waals surface area contributed by atoms with E-state index in [2.05, 4.69) is 34.2 Å². The van der Waals surface area contributed by atoms with Gasteiger partial charge in [-0.1, -0.05) is 12.1 Å². The molecule has 16 heavy (non-hydrogen) atoms. The number of rotatable bonds is 0. The topological polar surface area (TPSA) is 25.8 Å². The molecule has 0 spiro atoms.